The summed E-state index contributed by atoms with van der Waals surface area (Å²) in [5.41, 5.74) is 1.13. The number of benzene rings is 1. The van der Waals surface area contributed by atoms with Gasteiger partial charge in [0.25, 0.3) is 0 Å². The van der Waals surface area contributed by atoms with Crippen molar-refractivity contribution in [1.29, 1.82) is 0 Å². The van der Waals surface area contributed by atoms with Gasteiger partial charge < -0.3 is 10.1 Å². The van der Waals surface area contributed by atoms with Crippen LogP contribution in [0.4, 0.5) is 0 Å². The number of hydrogen-bond donors (Lipinski definition) is 1. The van der Waals surface area contributed by atoms with E-state index < -0.39 is 9.84 Å². The fourth-order valence-corrected chi connectivity index (χ4v) is 4.96. The summed E-state index contributed by atoms with van der Waals surface area (Å²) in [7, 11) is -2.84. The average Bonchev–Trinajstić information content (AvgIpc) is 2.61. The Kier molecular flexibility index (Phi) is 4.06. The minimum absolute atomic E-state index is 0.0691. The number of nitrogens with one attached hydrogen (secondary N) is 1. The molecule has 0 bridgehead atoms. The summed E-state index contributed by atoms with van der Waals surface area (Å²) in [4.78, 5) is 0. The van der Waals surface area contributed by atoms with Gasteiger partial charge in [-0.2, -0.15) is 0 Å². The monoisotopic (exact) mass is 359 g/mol. The van der Waals surface area contributed by atoms with Crippen LogP contribution in [-0.2, 0) is 9.84 Å². The highest BCUT2D eigenvalue weighted by Crippen LogP contribution is 2.34. The van der Waals surface area contributed by atoms with Gasteiger partial charge in [0.2, 0.25) is 0 Å². The Balaban J connectivity index is 1.80. The lowest BCUT2D eigenvalue weighted by molar-refractivity contribution is 0.314. The van der Waals surface area contributed by atoms with Crippen LogP contribution in [0.5, 0.6) is 5.75 Å². The zero-order chi connectivity index (χ0) is 14.2. The maximum absolute atomic E-state index is 11.6. The maximum Gasteiger partial charge on any atom is 0.151 e. The van der Waals surface area contributed by atoms with Gasteiger partial charge in [-0.1, -0.05) is 22.0 Å². The number of halogens is 1. The molecule has 1 saturated heterocycles. The van der Waals surface area contributed by atoms with Crippen LogP contribution in [-0.4, -0.2) is 32.6 Å². The van der Waals surface area contributed by atoms with Crippen molar-refractivity contribution < 1.29 is 13.2 Å². The molecular formula is C14H18BrNO3S. The van der Waals surface area contributed by atoms with Crippen LogP contribution in [0.25, 0.3) is 0 Å². The van der Waals surface area contributed by atoms with Crippen LogP contribution in [0.1, 0.15) is 30.9 Å². The lowest BCUT2D eigenvalue weighted by Crippen LogP contribution is -2.33. The third-order valence-corrected chi connectivity index (χ3v) is 6.18. The molecule has 0 aliphatic carbocycles. The molecule has 2 aliphatic rings. The zero-order valence-electron chi connectivity index (χ0n) is 11.1. The molecule has 110 valence electrons. The summed E-state index contributed by atoms with van der Waals surface area (Å²) in [6.45, 7) is 0.713. The Labute approximate surface area is 127 Å². The summed E-state index contributed by atoms with van der Waals surface area (Å²) < 4.78 is 29.9. The fraction of sp³-hybridized carbons (Fsp3) is 0.571. The van der Waals surface area contributed by atoms with E-state index in [9.17, 15) is 8.42 Å². The third kappa shape index (κ3) is 3.18. The van der Waals surface area contributed by atoms with Gasteiger partial charge in [-0.15, -0.1) is 0 Å². The fourth-order valence-electron chi connectivity index (χ4n) is 2.93. The van der Waals surface area contributed by atoms with E-state index in [4.69, 9.17) is 4.74 Å². The van der Waals surface area contributed by atoms with Crippen molar-refractivity contribution in [2.75, 3.05) is 18.1 Å². The van der Waals surface area contributed by atoms with Crippen molar-refractivity contribution in [3.8, 4) is 5.75 Å². The van der Waals surface area contributed by atoms with E-state index in [1.165, 1.54) is 0 Å². The van der Waals surface area contributed by atoms with Gasteiger partial charge in [-0.25, -0.2) is 8.42 Å². The van der Waals surface area contributed by atoms with Gasteiger partial charge in [0.1, 0.15) is 5.75 Å². The molecule has 1 N–H and O–H groups in total. The Bertz CT molecular complexity index is 602. The summed E-state index contributed by atoms with van der Waals surface area (Å²) >= 11 is 3.46. The minimum Gasteiger partial charge on any atom is -0.493 e. The zero-order valence-corrected chi connectivity index (χ0v) is 13.5. The normalized spacial score (nSPS) is 28.4. The highest BCUT2D eigenvalue weighted by Gasteiger charge is 2.31. The lowest BCUT2D eigenvalue weighted by Gasteiger charge is -2.22. The van der Waals surface area contributed by atoms with Crippen molar-refractivity contribution >= 4 is 25.8 Å². The third-order valence-electron chi connectivity index (χ3n) is 3.92. The van der Waals surface area contributed by atoms with Crippen molar-refractivity contribution in [2.24, 2.45) is 0 Å². The molecular weight excluding hydrogens is 342 g/mol. The molecule has 0 saturated carbocycles. The molecule has 1 fully saturated rings. The van der Waals surface area contributed by atoms with Crippen molar-refractivity contribution in [3.05, 3.63) is 28.2 Å². The van der Waals surface area contributed by atoms with Gasteiger partial charge >= 0.3 is 0 Å². The summed E-state index contributed by atoms with van der Waals surface area (Å²) in [6, 6.07) is 6.30. The van der Waals surface area contributed by atoms with E-state index in [0.717, 1.165) is 28.6 Å². The SMILES string of the molecule is O=S1(=O)CCC(NC2CCCOc3cc(Br)ccc32)C1. The van der Waals surface area contributed by atoms with E-state index in [1.54, 1.807) is 0 Å². The highest BCUT2D eigenvalue weighted by atomic mass is 79.9. The molecule has 0 amide bonds. The molecule has 20 heavy (non-hydrogen) atoms. The molecule has 6 heteroatoms. The molecule has 2 heterocycles. The van der Waals surface area contributed by atoms with Gasteiger partial charge in [-0.05, 0) is 31.4 Å². The quantitative estimate of drug-likeness (QED) is 0.880. The van der Waals surface area contributed by atoms with Gasteiger partial charge in [0.05, 0.1) is 18.1 Å². The van der Waals surface area contributed by atoms with Gasteiger partial charge in [0, 0.05) is 22.1 Å². The summed E-state index contributed by atoms with van der Waals surface area (Å²) in [5.74, 6) is 1.47. The van der Waals surface area contributed by atoms with Gasteiger partial charge in [-0.3, -0.25) is 0 Å². The lowest BCUT2D eigenvalue weighted by atomic mass is 10.0. The number of ether oxygens (including phenoxy) is 1. The smallest absolute Gasteiger partial charge is 0.151 e. The van der Waals surface area contributed by atoms with Gasteiger partial charge in [0.15, 0.2) is 9.84 Å². The average molecular weight is 360 g/mol. The molecule has 2 unspecified atom stereocenters. The first-order chi connectivity index (χ1) is 9.53. The van der Waals surface area contributed by atoms with E-state index in [1.807, 2.05) is 12.1 Å². The highest BCUT2D eigenvalue weighted by molar-refractivity contribution is 9.10. The second-order valence-electron chi connectivity index (χ2n) is 5.49. The van der Waals surface area contributed by atoms with E-state index >= 15 is 0 Å². The van der Waals surface area contributed by atoms with E-state index in [0.29, 0.717) is 18.8 Å². The van der Waals surface area contributed by atoms with E-state index in [2.05, 4.69) is 27.3 Å². The number of fused-ring (bicyclic) bond motifs is 1. The standard InChI is InChI=1S/C14H18BrNO3S/c15-10-3-4-12-13(2-1-6-19-14(12)8-10)16-11-5-7-20(17,18)9-11/h3-4,8,11,13,16H,1-2,5-7,9H2. The largest absolute Gasteiger partial charge is 0.493 e. The van der Waals surface area contributed by atoms with E-state index in [-0.39, 0.29) is 17.8 Å². The van der Waals surface area contributed by atoms with Crippen LogP contribution >= 0.6 is 15.9 Å². The van der Waals surface area contributed by atoms with Crippen molar-refractivity contribution in [2.45, 2.75) is 31.3 Å². The van der Waals surface area contributed by atoms with Crippen LogP contribution in [0, 0.1) is 0 Å². The number of sulfone groups is 1. The number of rotatable bonds is 2. The minimum atomic E-state index is -2.84. The molecule has 0 spiro atoms. The Morgan fingerprint density at radius 1 is 1.30 bits per heavy atom. The summed E-state index contributed by atoms with van der Waals surface area (Å²) in [5, 5.41) is 3.51. The first kappa shape index (κ1) is 14.4. The molecule has 2 atom stereocenters. The molecule has 4 nitrogen and oxygen atoms in total. The molecule has 2 aliphatic heterocycles. The molecule has 3 rings (SSSR count). The first-order valence-corrected chi connectivity index (χ1v) is 9.54. The van der Waals surface area contributed by atoms with Crippen LogP contribution in [0.15, 0.2) is 22.7 Å². The Morgan fingerprint density at radius 2 is 2.15 bits per heavy atom. The predicted molar refractivity (Wildman–Crippen MR) is 81.8 cm³/mol. The van der Waals surface area contributed by atoms with Crippen LogP contribution in [0.2, 0.25) is 0 Å². The molecule has 1 aromatic rings. The second-order valence-corrected chi connectivity index (χ2v) is 8.64. The second kappa shape index (κ2) is 5.66. The molecule has 1 aromatic carbocycles. The first-order valence-electron chi connectivity index (χ1n) is 6.92. The summed E-state index contributed by atoms with van der Waals surface area (Å²) in [6.07, 6.45) is 2.67. The predicted octanol–water partition coefficient (Wildman–Crippen LogP) is 2.44. The molecule has 0 aromatic heterocycles. The van der Waals surface area contributed by atoms with Crippen molar-refractivity contribution in [1.82, 2.24) is 5.32 Å². The van der Waals surface area contributed by atoms with Crippen molar-refractivity contribution in [3.63, 3.8) is 0 Å². The van der Waals surface area contributed by atoms with Crippen LogP contribution < -0.4 is 10.1 Å². The topological polar surface area (TPSA) is 55.4 Å². The molecule has 0 radical (unpaired) electrons. The Morgan fingerprint density at radius 3 is 2.90 bits per heavy atom. The number of hydrogen-bond acceptors (Lipinski definition) is 4. The maximum atomic E-state index is 11.6. The van der Waals surface area contributed by atoms with Crippen LogP contribution in [0.3, 0.4) is 0 Å². The Hall–Kier alpha value is -0.590.